The van der Waals surface area contributed by atoms with Crippen LogP contribution in [0.2, 0.25) is 0 Å². The van der Waals surface area contributed by atoms with Gasteiger partial charge in [0, 0.05) is 39.0 Å². The molecule has 0 saturated heterocycles. The molecule has 0 saturated carbocycles. The lowest BCUT2D eigenvalue weighted by molar-refractivity contribution is 0.0946. The normalized spacial score (nSPS) is 13.1. The summed E-state index contributed by atoms with van der Waals surface area (Å²) in [4.78, 5) is 4.16. The first-order chi connectivity index (χ1) is 6.74. The monoisotopic (exact) mass is 199 g/mol. The van der Waals surface area contributed by atoms with E-state index in [1.807, 2.05) is 17.8 Å². The highest BCUT2D eigenvalue weighted by molar-refractivity contribution is 4.91. The van der Waals surface area contributed by atoms with E-state index in [1.54, 1.807) is 6.20 Å². The molecule has 1 aromatic rings. The average molecular weight is 199 g/mol. The Morgan fingerprint density at radius 3 is 3.00 bits per heavy atom. The van der Waals surface area contributed by atoms with Gasteiger partial charge in [0.1, 0.15) is 5.82 Å². The maximum absolute atomic E-state index is 9.04. The van der Waals surface area contributed by atoms with Crippen LogP contribution in [0.25, 0.3) is 0 Å². The highest BCUT2D eigenvalue weighted by Crippen LogP contribution is 1.93. The lowest BCUT2D eigenvalue weighted by Gasteiger charge is -2.08. The first-order valence-corrected chi connectivity index (χ1v) is 4.70. The first-order valence-electron chi connectivity index (χ1n) is 4.70. The van der Waals surface area contributed by atoms with Gasteiger partial charge in [-0.05, 0) is 0 Å². The van der Waals surface area contributed by atoms with E-state index in [-0.39, 0.29) is 6.61 Å². The van der Waals surface area contributed by atoms with Crippen LogP contribution >= 0.6 is 0 Å². The lowest BCUT2D eigenvalue weighted by atomic mass is 10.3. The Kier molecular flexibility index (Phi) is 4.58. The Morgan fingerprint density at radius 1 is 1.64 bits per heavy atom. The van der Waals surface area contributed by atoms with Crippen LogP contribution in [0.5, 0.6) is 0 Å². The van der Waals surface area contributed by atoms with Crippen LogP contribution < -0.4 is 5.32 Å². The highest BCUT2D eigenvalue weighted by Gasteiger charge is 2.01. The molecule has 3 N–H and O–H groups in total. The number of aryl methyl sites for hydroxylation is 1. The number of rotatable bonds is 6. The fraction of sp³-hybridized carbons (Fsp3) is 0.667. The fourth-order valence-electron chi connectivity index (χ4n) is 1.17. The van der Waals surface area contributed by atoms with Crippen LogP contribution in [-0.2, 0) is 13.5 Å². The second-order valence-corrected chi connectivity index (χ2v) is 3.24. The van der Waals surface area contributed by atoms with Crippen molar-refractivity contribution >= 4 is 0 Å². The molecule has 0 aromatic carbocycles. The molecule has 0 bridgehead atoms. The van der Waals surface area contributed by atoms with Crippen molar-refractivity contribution in [1.82, 2.24) is 14.9 Å². The van der Waals surface area contributed by atoms with Gasteiger partial charge in [-0.1, -0.05) is 0 Å². The largest absolute Gasteiger partial charge is 0.394 e. The van der Waals surface area contributed by atoms with Crippen molar-refractivity contribution < 1.29 is 10.2 Å². The SMILES string of the molecule is Cn1ccnc1CCNCC(O)CO. The Hall–Kier alpha value is -0.910. The highest BCUT2D eigenvalue weighted by atomic mass is 16.3. The molecule has 0 spiro atoms. The molecule has 1 heterocycles. The van der Waals surface area contributed by atoms with Crippen LogP contribution in [-0.4, -0.2) is 45.6 Å². The van der Waals surface area contributed by atoms with Crippen molar-refractivity contribution in [1.29, 1.82) is 0 Å². The van der Waals surface area contributed by atoms with Gasteiger partial charge in [0.15, 0.2) is 0 Å². The zero-order chi connectivity index (χ0) is 10.4. The van der Waals surface area contributed by atoms with Gasteiger partial charge < -0.3 is 20.1 Å². The number of aliphatic hydroxyl groups excluding tert-OH is 2. The third kappa shape index (κ3) is 3.45. The summed E-state index contributed by atoms with van der Waals surface area (Å²) >= 11 is 0. The molecule has 1 aromatic heterocycles. The van der Waals surface area contributed by atoms with Crippen molar-refractivity contribution in [3.63, 3.8) is 0 Å². The molecule has 0 radical (unpaired) electrons. The molecule has 5 nitrogen and oxygen atoms in total. The molecule has 0 aliphatic rings. The zero-order valence-electron chi connectivity index (χ0n) is 8.35. The molecular formula is C9H17N3O2. The van der Waals surface area contributed by atoms with Crippen molar-refractivity contribution in [2.24, 2.45) is 7.05 Å². The summed E-state index contributed by atoms with van der Waals surface area (Å²) in [6, 6.07) is 0. The minimum atomic E-state index is -0.670. The van der Waals surface area contributed by atoms with E-state index in [9.17, 15) is 0 Å². The van der Waals surface area contributed by atoms with Crippen molar-refractivity contribution in [3.05, 3.63) is 18.2 Å². The Morgan fingerprint density at radius 2 is 2.43 bits per heavy atom. The van der Waals surface area contributed by atoms with Crippen LogP contribution in [0.1, 0.15) is 5.82 Å². The van der Waals surface area contributed by atoms with Crippen molar-refractivity contribution in [2.45, 2.75) is 12.5 Å². The molecular weight excluding hydrogens is 182 g/mol. The van der Waals surface area contributed by atoms with Gasteiger partial charge in [0.05, 0.1) is 12.7 Å². The Labute approximate surface area is 83.4 Å². The summed E-state index contributed by atoms with van der Waals surface area (Å²) in [6.07, 6.45) is 3.81. The number of imidazole rings is 1. The summed E-state index contributed by atoms with van der Waals surface area (Å²) in [5, 5.41) is 20.6. The lowest BCUT2D eigenvalue weighted by Crippen LogP contribution is -2.31. The summed E-state index contributed by atoms with van der Waals surface area (Å²) in [5.41, 5.74) is 0. The van der Waals surface area contributed by atoms with Crippen molar-refractivity contribution in [3.8, 4) is 0 Å². The van der Waals surface area contributed by atoms with Crippen LogP contribution in [0.4, 0.5) is 0 Å². The number of nitrogens with zero attached hydrogens (tertiary/aromatic N) is 2. The molecule has 0 aliphatic heterocycles. The number of hydrogen-bond donors (Lipinski definition) is 3. The van der Waals surface area contributed by atoms with Gasteiger partial charge in [-0.25, -0.2) is 4.98 Å². The molecule has 0 aliphatic carbocycles. The van der Waals surface area contributed by atoms with Gasteiger partial charge in [-0.2, -0.15) is 0 Å². The quantitative estimate of drug-likeness (QED) is 0.509. The minimum absolute atomic E-state index is 0.199. The predicted octanol–water partition coefficient (Wildman–Crippen LogP) is -1.09. The maximum Gasteiger partial charge on any atom is 0.109 e. The van der Waals surface area contributed by atoms with Crippen LogP contribution in [0.3, 0.4) is 0 Å². The van der Waals surface area contributed by atoms with Gasteiger partial charge in [-0.3, -0.25) is 0 Å². The smallest absolute Gasteiger partial charge is 0.109 e. The molecule has 80 valence electrons. The topological polar surface area (TPSA) is 70.3 Å². The molecule has 14 heavy (non-hydrogen) atoms. The van der Waals surface area contributed by atoms with E-state index >= 15 is 0 Å². The molecule has 5 heteroatoms. The van der Waals surface area contributed by atoms with E-state index in [1.165, 1.54) is 0 Å². The average Bonchev–Trinajstić information content (AvgIpc) is 2.58. The summed E-state index contributed by atoms with van der Waals surface area (Å²) in [6.45, 7) is 0.970. The maximum atomic E-state index is 9.04. The van der Waals surface area contributed by atoms with E-state index in [0.717, 1.165) is 18.8 Å². The van der Waals surface area contributed by atoms with Gasteiger partial charge in [-0.15, -0.1) is 0 Å². The fourth-order valence-corrected chi connectivity index (χ4v) is 1.17. The molecule has 0 fully saturated rings. The summed E-state index contributed by atoms with van der Waals surface area (Å²) in [7, 11) is 1.95. The standard InChI is InChI=1S/C9H17N3O2/c1-12-5-4-11-9(12)2-3-10-6-8(14)7-13/h4-5,8,10,13-14H,2-3,6-7H2,1H3. The number of nitrogens with one attached hydrogen (secondary N) is 1. The summed E-state index contributed by atoms with van der Waals surface area (Å²) < 4.78 is 1.96. The number of aliphatic hydroxyl groups is 2. The van der Waals surface area contributed by atoms with Crippen LogP contribution in [0.15, 0.2) is 12.4 Å². The van der Waals surface area contributed by atoms with Gasteiger partial charge >= 0.3 is 0 Å². The Balaban J connectivity index is 2.13. The third-order valence-electron chi connectivity index (χ3n) is 2.04. The molecule has 0 amide bonds. The third-order valence-corrected chi connectivity index (χ3v) is 2.04. The van der Waals surface area contributed by atoms with E-state index in [0.29, 0.717) is 6.54 Å². The second kappa shape index (κ2) is 5.74. The van der Waals surface area contributed by atoms with Crippen LogP contribution in [0, 0.1) is 0 Å². The Bertz CT molecular complexity index is 262. The van der Waals surface area contributed by atoms with Gasteiger partial charge in [0.2, 0.25) is 0 Å². The van der Waals surface area contributed by atoms with E-state index in [4.69, 9.17) is 10.2 Å². The second-order valence-electron chi connectivity index (χ2n) is 3.24. The summed E-state index contributed by atoms with van der Waals surface area (Å²) in [5.74, 6) is 1.01. The predicted molar refractivity (Wildman–Crippen MR) is 52.9 cm³/mol. The molecule has 1 atom stereocenters. The van der Waals surface area contributed by atoms with E-state index in [2.05, 4.69) is 10.3 Å². The zero-order valence-corrected chi connectivity index (χ0v) is 8.35. The number of hydrogen-bond acceptors (Lipinski definition) is 4. The molecule has 1 unspecified atom stereocenters. The minimum Gasteiger partial charge on any atom is -0.394 e. The first kappa shape index (κ1) is 11.2. The number of aromatic nitrogens is 2. The van der Waals surface area contributed by atoms with E-state index < -0.39 is 6.10 Å². The van der Waals surface area contributed by atoms with Gasteiger partial charge in [0.25, 0.3) is 0 Å². The van der Waals surface area contributed by atoms with Crippen molar-refractivity contribution in [2.75, 3.05) is 19.7 Å². The molecule has 1 rings (SSSR count).